The zero-order valence-corrected chi connectivity index (χ0v) is 12.4. The van der Waals surface area contributed by atoms with Crippen LogP contribution in [0, 0.1) is 11.3 Å². The molecule has 3 heterocycles. The van der Waals surface area contributed by atoms with E-state index in [9.17, 15) is 14.9 Å². The van der Waals surface area contributed by atoms with Gasteiger partial charge in [0.1, 0.15) is 11.6 Å². The molecule has 2 aliphatic rings. The third-order valence-electron chi connectivity index (χ3n) is 4.27. The highest BCUT2D eigenvalue weighted by atomic mass is 16.7. The summed E-state index contributed by atoms with van der Waals surface area (Å²) in [6.45, 7) is 2.94. The molecule has 1 atom stereocenters. The third kappa shape index (κ3) is 1.95. The summed E-state index contributed by atoms with van der Waals surface area (Å²) in [6, 6.07) is 3.58. The number of aromatic nitrogens is 1. The van der Waals surface area contributed by atoms with E-state index >= 15 is 0 Å². The first-order valence-corrected chi connectivity index (χ1v) is 7.08. The number of ether oxygens (including phenoxy) is 3. The molecule has 1 fully saturated rings. The number of methoxy groups -OCH3 is 1. The van der Waals surface area contributed by atoms with E-state index < -0.39 is 23.2 Å². The molecule has 1 saturated heterocycles. The van der Waals surface area contributed by atoms with Crippen LogP contribution in [-0.4, -0.2) is 30.9 Å². The van der Waals surface area contributed by atoms with Crippen LogP contribution in [0.4, 0.5) is 0 Å². The molecule has 22 heavy (non-hydrogen) atoms. The first-order chi connectivity index (χ1) is 10.5. The molecule has 1 aromatic heterocycles. The maximum absolute atomic E-state index is 12.5. The SMILES string of the molecule is COC(=O)C(C)c1cc2n(c(=O)c1C#N)CCC21OCCO1. The zero-order valence-electron chi connectivity index (χ0n) is 12.4. The molecule has 2 aliphatic heterocycles. The first-order valence-electron chi connectivity index (χ1n) is 7.08. The lowest BCUT2D eigenvalue weighted by Crippen LogP contribution is -2.30. The Morgan fingerprint density at radius 2 is 2.18 bits per heavy atom. The number of hydrogen-bond acceptors (Lipinski definition) is 6. The fourth-order valence-electron chi connectivity index (χ4n) is 3.09. The summed E-state index contributed by atoms with van der Waals surface area (Å²) >= 11 is 0. The normalized spacial score (nSPS) is 19.7. The Balaban J connectivity index is 2.20. The average Bonchev–Trinajstić information content (AvgIpc) is 3.15. The second-order valence-electron chi connectivity index (χ2n) is 5.37. The van der Waals surface area contributed by atoms with Crippen LogP contribution in [0.25, 0.3) is 0 Å². The van der Waals surface area contributed by atoms with Gasteiger partial charge in [-0.15, -0.1) is 0 Å². The fourth-order valence-corrected chi connectivity index (χ4v) is 3.09. The van der Waals surface area contributed by atoms with E-state index in [0.29, 0.717) is 37.4 Å². The molecular weight excluding hydrogens is 288 g/mol. The topological polar surface area (TPSA) is 90.6 Å². The van der Waals surface area contributed by atoms with Crippen molar-refractivity contribution >= 4 is 5.97 Å². The third-order valence-corrected chi connectivity index (χ3v) is 4.27. The molecule has 0 aliphatic carbocycles. The molecule has 0 bridgehead atoms. The number of nitrogens with zero attached hydrogens (tertiary/aromatic N) is 2. The molecule has 0 amide bonds. The predicted molar refractivity (Wildman–Crippen MR) is 74.0 cm³/mol. The second kappa shape index (κ2) is 5.23. The molecule has 7 nitrogen and oxygen atoms in total. The van der Waals surface area contributed by atoms with Gasteiger partial charge in [0.05, 0.1) is 31.9 Å². The van der Waals surface area contributed by atoms with Gasteiger partial charge < -0.3 is 18.8 Å². The van der Waals surface area contributed by atoms with Gasteiger partial charge in [-0.05, 0) is 18.6 Å². The van der Waals surface area contributed by atoms with E-state index in [1.807, 2.05) is 6.07 Å². The Morgan fingerprint density at radius 3 is 2.77 bits per heavy atom. The van der Waals surface area contributed by atoms with Crippen molar-refractivity contribution in [1.29, 1.82) is 5.26 Å². The number of esters is 1. The highest BCUT2D eigenvalue weighted by molar-refractivity contribution is 5.78. The number of nitriles is 1. The number of carbonyl (C=O) groups is 1. The lowest BCUT2D eigenvalue weighted by atomic mass is 9.95. The van der Waals surface area contributed by atoms with Crippen molar-refractivity contribution in [2.24, 2.45) is 0 Å². The van der Waals surface area contributed by atoms with Crippen LogP contribution in [-0.2, 0) is 31.3 Å². The summed E-state index contributed by atoms with van der Waals surface area (Å²) < 4.78 is 17.6. The smallest absolute Gasteiger partial charge is 0.312 e. The molecule has 1 aromatic rings. The van der Waals surface area contributed by atoms with Crippen molar-refractivity contribution in [3.63, 3.8) is 0 Å². The molecular formula is C15H16N2O5. The van der Waals surface area contributed by atoms with Crippen molar-refractivity contribution in [2.75, 3.05) is 20.3 Å². The van der Waals surface area contributed by atoms with Crippen molar-refractivity contribution < 1.29 is 19.0 Å². The maximum Gasteiger partial charge on any atom is 0.312 e. The van der Waals surface area contributed by atoms with Crippen LogP contribution in [0.5, 0.6) is 0 Å². The summed E-state index contributed by atoms with van der Waals surface area (Å²) in [6.07, 6.45) is 0.517. The van der Waals surface area contributed by atoms with Crippen LogP contribution >= 0.6 is 0 Å². The minimum Gasteiger partial charge on any atom is -0.469 e. The summed E-state index contributed by atoms with van der Waals surface area (Å²) in [4.78, 5) is 24.3. The van der Waals surface area contributed by atoms with E-state index in [4.69, 9.17) is 14.2 Å². The van der Waals surface area contributed by atoms with Crippen LogP contribution in [0.1, 0.15) is 36.1 Å². The second-order valence-corrected chi connectivity index (χ2v) is 5.37. The van der Waals surface area contributed by atoms with Gasteiger partial charge in [-0.1, -0.05) is 0 Å². The molecule has 1 spiro atoms. The zero-order chi connectivity index (χ0) is 15.9. The lowest BCUT2D eigenvalue weighted by molar-refractivity contribution is -0.163. The fraction of sp³-hybridized carbons (Fsp3) is 0.533. The Morgan fingerprint density at radius 1 is 1.50 bits per heavy atom. The van der Waals surface area contributed by atoms with Crippen molar-refractivity contribution in [2.45, 2.75) is 31.6 Å². The van der Waals surface area contributed by atoms with Gasteiger partial charge in [0, 0.05) is 13.0 Å². The summed E-state index contributed by atoms with van der Waals surface area (Å²) in [5.41, 5.74) is 0.476. The van der Waals surface area contributed by atoms with Gasteiger partial charge in [-0.2, -0.15) is 5.26 Å². The summed E-state index contributed by atoms with van der Waals surface area (Å²) in [5.74, 6) is -2.14. The quantitative estimate of drug-likeness (QED) is 0.743. The highest BCUT2D eigenvalue weighted by Crippen LogP contribution is 2.40. The predicted octanol–water partition coefficient (Wildman–Crippen LogP) is 0.600. The van der Waals surface area contributed by atoms with Gasteiger partial charge in [-0.25, -0.2) is 0 Å². The van der Waals surface area contributed by atoms with Gasteiger partial charge in [-0.3, -0.25) is 9.59 Å². The molecule has 0 aromatic carbocycles. The van der Waals surface area contributed by atoms with Gasteiger partial charge in [0.15, 0.2) is 0 Å². The molecule has 0 radical (unpaired) electrons. The van der Waals surface area contributed by atoms with E-state index in [1.54, 1.807) is 13.0 Å². The maximum atomic E-state index is 12.5. The van der Waals surface area contributed by atoms with Crippen molar-refractivity contribution in [1.82, 2.24) is 4.57 Å². The van der Waals surface area contributed by atoms with E-state index in [2.05, 4.69) is 0 Å². The lowest BCUT2D eigenvalue weighted by Gasteiger charge is -2.23. The Kier molecular flexibility index (Phi) is 3.51. The van der Waals surface area contributed by atoms with Crippen LogP contribution in [0.2, 0.25) is 0 Å². The Hall–Kier alpha value is -2.17. The minimum absolute atomic E-state index is 0.0308. The van der Waals surface area contributed by atoms with Crippen LogP contribution < -0.4 is 5.56 Å². The van der Waals surface area contributed by atoms with Gasteiger partial charge >= 0.3 is 5.97 Å². The molecule has 0 N–H and O–H groups in total. The average molecular weight is 304 g/mol. The largest absolute Gasteiger partial charge is 0.469 e. The van der Waals surface area contributed by atoms with Crippen LogP contribution in [0.15, 0.2) is 10.9 Å². The number of pyridine rings is 1. The van der Waals surface area contributed by atoms with Crippen molar-refractivity contribution in [3.8, 4) is 6.07 Å². The summed E-state index contributed by atoms with van der Waals surface area (Å²) in [5, 5.41) is 9.31. The number of carbonyl (C=O) groups excluding carboxylic acids is 1. The number of rotatable bonds is 2. The first kappa shape index (κ1) is 14.8. The monoisotopic (exact) mass is 304 g/mol. The summed E-state index contributed by atoms with van der Waals surface area (Å²) in [7, 11) is 1.27. The van der Waals surface area contributed by atoms with Crippen molar-refractivity contribution in [3.05, 3.63) is 33.2 Å². The molecule has 3 rings (SSSR count). The van der Waals surface area contributed by atoms with E-state index in [-0.39, 0.29) is 5.56 Å². The van der Waals surface area contributed by atoms with E-state index in [1.165, 1.54) is 11.7 Å². The number of hydrogen-bond donors (Lipinski definition) is 0. The molecule has 7 heteroatoms. The Labute approximate surface area is 127 Å². The van der Waals surface area contributed by atoms with E-state index in [0.717, 1.165) is 0 Å². The molecule has 0 saturated carbocycles. The minimum atomic E-state index is -0.933. The van der Waals surface area contributed by atoms with Gasteiger partial charge in [0.25, 0.3) is 5.56 Å². The standard InChI is InChI=1S/C15H16N2O5/c1-9(14(19)20-2)10-7-12-15(21-5-6-22-15)3-4-17(12)13(18)11(10)8-16/h7,9H,3-6H2,1-2H3. The molecule has 1 unspecified atom stereocenters. The highest BCUT2D eigenvalue weighted by Gasteiger charge is 2.46. The number of fused-ring (bicyclic) bond motifs is 2. The molecule has 116 valence electrons. The van der Waals surface area contributed by atoms with Crippen LogP contribution in [0.3, 0.4) is 0 Å². The van der Waals surface area contributed by atoms with Gasteiger partial charge in [0.2, 0.25) is 5.79 Å². The Bertz CT molecular complexity index is 725.